The molecule has 0 bridgehead atoms. The number of nitrogens with one attached hydrogen (secondary N) is 1. The number of piperidine rings is 1. The van der Waals surface area contributed by atoms with Gasteiger partial charge in [0.1, 0.15) is 28.5 Å². The minimum Gasteiger partial charge on any atom is -0.444 e. The van der Waals surface area contributed by atoms with Gasteiger partial charge >= 0.3 is 6.09 Å². The van der Waals surface area contributed by atoms with Crippen molar-refractivity contribution in [1.29, 1.82) is 0 Å². The van der Waals surface area contributed by atoms with Crippen molar-refractivity contribution in [1.82, 2.24) is 29.4 Å². The van der Waals surface area contributed by atoms with Crippen LogP contribution in [0.25, 0.3) is 22.3 Å². The average Bonchev–Trinajstić information content (AvgIpc) is 3.71. The van der Waals surface area contributed by atoms with E-state index in [-0.39, 0.29) is 23.3 Å². The molecule has 1 aliphatic heterocycles. The van der Waals surface area contributed by atoms with Crippen molar-refractivity contribution in [3.05, 3.63) is 59.7 Å². The Hall–Kier alpha value is -4.15. The van der Waals surface area contributed by atoms with E-state index in [2.05, 4.69) is 25.3 Å². The molecule has 1 saturated heterocycles. The van der Waals surface area contributed by atoms with Crippen LogP contribution >= 0.6 is 0 Å². The number of hydrogen-bond acceptors (Lipinski definition) is 7. The number of fused-ring (bicyclic) bond motifs is 1. The van der Waals surface area contributed by atoms with Crippen LogP contribution in [-0.4, -0.2) is 54.2 Å². The standard InChI is InChI=1S/C31H35F2N7O2/c1-18-36-28-23(32)14-21(15-25(28)40(18)22-6-7-22)27-24(33)17-35-29(38-27)37-26-8-5-20(16-34-26)13-19-9-11-39(12-10-19)30(41)42-31(2,3)4/h5,8,14-17,19,22H,6-7,9-13H2,1-4H3,(H,34,35,37,38). The molecule has 6 rings (SSSR count). The van der Waals surface area contributed by atoms with Crippen LogP contribution < -0.4 is 5.32 Å². The number of aryl methyl sites for hydroxylation is 1. The predicted octanol–water partition coefficient (Wildman–Crippen LogP) is 6.74. The number of hydrogen-bond donors (Lipinski definition) is 1. The lowest BCUT2D eigenvalue weighted by molar-refractivity contribution is 0.0184. The van der Waals surface area contributed by atoms with Crippen LogP contribution in [0.3, 0.4) is 0 Å². The van der Waals surface area contributed by atoms with Crippen molar-refractivity contribution >= 4 is 28.9 Å². The molecule has 1 saturated carbocycles. The van der Waals surface area contributed by atoms with Crippen LogP contribution in [0.4, 0.5) is 25.3 Å². The van der Waals surface area contributed by atoms with Crippen LogP contribution in [0.1, 0.15) is 63.9 Å². The van der Waals surface area contributed by atoms with E-state index in [1.165, 1.54) is 6.07 Å². The fourth-order valence-electron chi connectivity index (χ4n) is 5.54. The molecule has 220 valence electrons. The van der Waals surface area contributed by atoms with Gasteiger partial charge in [0.25, 0.3) is 0 Å². The monoisotopic (exact) mass is 575 g/mol. The molecule has 1 N–H and O–H groups in total. The van der Waals surface area contributed by atoms with Crippen molar-refractivity contribution < 1.29 is 18.3 Å². The highest BCUT2D eigenvalue weighted by molar-refractivity contribution is 5.83. The van der Waals surface area contributed by atoms with Crippen LogP contribution in [0, 0.1) is 24.5 Å². The summed E-state index contributed by atoms with van der Waals surface area (Å²) in [5.41, 5.74) is 1.85. The van der Waals surface area contributed by atoms with E-state index in [1.807, 2.05) is 44.4 Å². The minimum absolute atomic E-state index is 0.00356. The summed E-state index contributed by atoms with van der Waals surface area (Å²) in [4.78, 5) is 31.4. The summed E-state index contributed by atoms with van der Waals surface area (Å²) >= 11 is 0. The van der Waals surface area contributed by atoms with E-state index in [0.29, 0.717) is 41.9 Å². The number of pyridine rings is 1. The van der Waals surface area contributed by atoms with Crippen molar-refractivity contribution in [3.8, 4) is 11.3 Å². The van der Waals surface area contributed by atoms with Gasteiger partial charge in [0.2, 0.25) is 5.95 Å². The molecule has 0 spiro atoms. The number of likely N-dealkylation sites (tertiary alicyclic amines) is 1. The minimum atomic E-state index is -0.644. The van der Waals surface area contributed by atoms with Gasteiger partial charge in [-0.3, -0.25) is 0 Å². The van der Waals surface area contributed by atoms with Crippen molar-refractivity contribution in [2.24, 2.45) is 5.92 Å². The Balaban J connectivity index is 1.12. The molecular weight excluding hydrogens is 540 g/mol. The second kappa shape index (κ2) is 10.9. The highest BCUT2D eigenvalue weighted by Crippen LogP contribution is 2.40. The zero-order chi connectivity index (χ0) is 29.6. The number of rotatable bonds is 6. The summed E-state index contributed by atoms with van der Waals surface area (Å²) in [5, 5.41) is 3.04. The molecule has 2 aliphatic rings. The lowest BCUT2D eigenvalue weighted by atomic mass is 9.91. The summed E-state index contributed by atoms with van der Waals surface area (Å²) in [6.07, 6.45) is 7.33. The van der Waals surface area contributed by atoms with Gasteiger partial charge in [0.15, 0.2) is 11.6 Å². The Labute approximate surface area is 243 Å². The number of ether oxygens (including phenoxy) is 1. The first-order valence-corrected chi connectivity index (χ1v) is 14.4. The third-order valence-electron chi connectivity index (χ3n) is 7.71. The summed E-state index contributed by atoms with van der Waals surface area (Å²) in [6.45, 7) is 8.83. The van der Waals surface area contributed by atoms with Gasteiger partial charge in [0.05, 0.1) is 11.7 Å². The molecule has 4 aromatic rings. The quantitative estimate of drug-likeness (QED) is 0.272. The van der Waals surface area contributed by atoms with Crippen LogP contribution in [-0.2, 0) is 11.2 Å². The molecule has 9 nitrogen and oxygen atoms in total. The number of carbonyl (C=O) groups excluding carboxylic acids is 1. The second-order valence-electron chi connectivity index (χ2n) is 12.3. The molecule has 3 aromatic heterocycles. The number of imidazole rings is 1. The first-order valence-electron chi connectivity index (χ1n) is 14.4. The van der Waals surface area contributed by atoms with Gasteiger partial charge < -0.3 is 19.5 Å². The lowest BCUT2D eigenvalue weighted by Gasteiger charge is -2.33. The highest BCUT2D eigenvalue weighted by atomic mass is 19.1. The maximum atomic E-state index is 15.0. The Morgan fingerprint density at radius 2 is 1.79 bits per heavy atom. The number of nitrogens with zero attached hydrogens (tertiary/aromatic N) is 6. The molecular formula is C31H35F2N7O2. The fraction of sp³-hybridized carbons (Fsp3) is 0.452. The summed E-state index contributed by atoms with van der Waals surface area (Å²) in [7, 11) is 0. The molecule has 1 aliphatic carbocycles. The van der Waals surface area contributed by atoms with Gasteiger partial charge in [-0.2, -0.15) is 0 Å². The topological polar surface area (TPSA) is 98.1 Å². The third-order valence-corrected chi connectivity index (χ3v) is 7.71. The third kappa shape index (κ3) is 6.05. The van der Waals surface area contributed by atoms with E-state index in [0.717, 1.165) is 49.7 Å². The SMILES string of the molecule is Cc1nc2c(F)cc(-c3nc(Nc4ccc(CC5CCN(C(=O)OC(C)(C)C)CC5)cn4)ncc3F)cc2n1C1CC1. The zero-order valence-corrected chi connectivity index (χ0v) is 24.3. The lowest BCUT2D eigenvalue weighted by Crippen LogP contribution is -2.42. The van der Waals surface area contributed by atoms with Gasteiger partial charge in [-0.25, -0.2) is 33.5 Å². The van der Waals surface area contributed by atoms with Gasteiger partial charge in [0, 0.05) is 30.9 Å². The number of benzene rings is 1. The van der Waals surface area contributed by atoms with E-state index in [4.69, 9.17) is 4.74 Å². The van der Waals surface area contributed by atoms with Crippen molar-refractivity contribution in [3.63, 3.8) is 0 Å². The predicted molar refractivity (Wildman–Crippen MR) is 155 cm³/mol. The normalized spacial score (nSPS) is 16.2. The maximum Gasteiger partial charge on any atom is 0.410 e. The Morgan fingerprint density at radius 1 is 1.02 bits per heavy atom. The number of aromatic nitrogens is 5. The summed E-state index contributed by atoms with van der Waals surface area (Å²) in [5.74, 6) is 0.716. The van der Waals surface area contributed by atoms with E-state index < -0.39 is 17.2 Å². The van der Waals surface area contributed by atoms with Crippen LogP contribution in [0.2, 0.25) is 0 Å². The molecule has 4 heterocycles. The summed E-state index contributed by atoms with van der Waals surface area (Å²) < 4.78 is 37.4. The van der Waals surface area contributed by atoms with E-state index in [9.17, 15) is 9.18 Å². The molecule has 2 fully saturated rings. The number of amides is 1. The Kier molecular flexibility index (Phi) is 7.28. The molecule has 42 heavy (non-hydrogen) atoms. The van der Waals surface area contributed by atoms with Crippen LogP contribution in [0.15, 0.2) is 36.7 Å². The fourth-order valence-corrected chi connectivity index (χ4v) is 5.54. The van der Waals surface area contributed by atoms with E-state index >= 15 is 4.39 Å². The Morgan fingerprint density at radius 3 is 2.45 bits per heavy atom. The average molecular weight is 576 g/mol. The molecule has 0 radical (unpaired) electrons. The Bertz CT molecular complexity index is 1620. The first kappa shape index (κ1) is 28.0. The van der Waals surface area contributed by atoms with E-state index in [1.54, 1.807) is 17.2 Å². The molecule has 1 amide bonds. The van der Waals surface area contributed by atoms with Crippen molar-refractivity contribution in [2.75, 3.05) is 18.4 Å². The number of anilines is 2. The first-order chi connectivity index (χ1) is 20.0. The van der Waals surface area contributed by atoms with Crippen LogP contribution in [0.5, 0.6) is 0 Å². The number of carbonyl (C=O) groups is 1. The number of halogens is 2. The highest BCUT2D eigenvalue weighted by Gasteiger charge is 2.29. The smallest absolute Gasteiger partial charge is 0.410 e. The zero-order valence-electron chi connectivity index (χ0n) is 24.3. The van der Waals surface area contributed by atoms with Gasteiger partial charge in [-0.15, -0.1) is 0 Å². The van der Waals surface area contributed by atoms with Gasteiger partial charge in [-0.05, 0) is 89.5 Å². The maximum absolute atomic E-state index is 15.0. The van der Waals surface area contributed by atoms with Gasteiger partial charge in [-0.1, -0.05) is 6.07 Å². The molecule has 0 unspecified atom stereocenters. The molecule has 1 aromatic carbocycles. The summed E-state index contributed by atoms with van der Waals surface area (Å²) in [6, 6.07) is 7.14. The molecule has 11 heteroatoms. The second-order valence-corrected chi connectivity index (χ2v) is 12.3. The largest absolute Gasteiger partial charge is 0.444 e. The molecule has 0 atom stereocenters. The van der Waals surface area contributed by atoms with Crippen molar-refractivity contribution in [2.45, 2.75) is 71.4 Å².